The topological polar surface area (TPSA) is 101 Å². The highest BCUT2D eigenvalue weighted by Gasteiger charge is 2.17. The van der Waals surface area contributed by atoms with Crippen LogP contribution in [-0.2, 0) is 16.1 Å². The van der Waals surface area contributed by atoms with Gasteiger partial charge in [-0.3, -0.25) is 14.4 Å². The van der Waals surface area contributed by atoms with E-state index in [0.29, 0.717) is 10.6 Å². The van der Waals surface area contributed by atoms with E-state index >= 15 is 0 Å². The smallest absolute Gasteiger partial charge is 0.248 e. The van der Waals surface area contributed by atoms with E-state index in [1.165, 1.54) is 6.92 Å². The first kappa shape index (κ1) is 19.5. The standard InChI is InChI=1S/C19H20ClN3O3/c1-12(24)23-17(14-5-7-16(20)8-6-14)10-18(25)22-11-13-3-2-4-15(9-13)19(21)26/h2-9,17H,10-11H2,1H3,(H2,21,26)(H,22,25)(H,23,24). The average molecular weight is 374 g/mol. The van der Waals surface area contributed by atoms with E-state index in [4.69, 9.17) is 17.3 Å². The summed E-state index contributed by atoms with van der Waals surface area (Å²) < 4.78 is 0. The minimum atomic E-state index is -0.522. The summed E-state index contributed by atoms with van der Waals surface area (Å²) in [4.78, 5) is 34.9. The fourth-order valence-corrected chi connectivity index (χ4v) is 2.61. The zero-order chi connectivity index (χ0) is 19.1. The fourth-order valence-electron chi connectivity index (χ4n) is 2.49. The van der Waals surface area contributed by atoms with Crippen molar-refractivity contribution in [3.05, 3.63) is 70.2 Å². The molecule has 0 heterocycles. The maximum absolute atomic E-state index is 12.3. The van der Waals surface area contributed by atoms with Crippen molar-refractivity contribution < 1.29 is 14.4 Å². The van der Waals surface area contributed by atoms with Gasteiger partial charge in [0, 0.05) is 24.1 Å². The Morgan fingerprint density at radius 2 is 1.81 bits per heavy atom. The van der Waals surface area contributed by atoms with E-state index in [-0.39, 0.29) is 24.8 Å². The number of primary amides is 1. The summed E-state index contributed by atoms with van der Waals surface area (Å²) in [6, 6.07) is 13.2. The molecule has 2 aromatic rings. The van der Waals surface area contributed by atoms with Gasteiger partial charge in [-0.1, -0.05) is 35.9 Å². The molecule has 2 aromatic carbocycles. The summed E-state index contributed by atoms with van der Waals surface area (Å²) in [6.07, 6.45) is 0.0801. The number of hydrogen-bond acceptors (Lipinski definition) is 3. The maximum atomic E-state index is 12.3. The van der Waals surface area contributed by atoms with E-state index in [9.17, 15) is 14.4 Å². The Morgan fingerprint density at radius 3 is 2.42 bits per heavy atom. The Kier molecular flexibility index (Phi) is 6.74. The van der Waals surface area contributed by atoms with Gasteiger partial charge < -0.3 is 16.4 Å². The normalized spacial score (nSPS) is 11.5. The molecule has 0 aliphatic heterocycles. The molecule has 0 fully saturated rings. The predicted octanol–water partition coefficient (Wildman–Crippen LogP) is 2.32. The molecular weight excluding hydrogens is 354 g/mol. The van der Waals surface area contributed by atoms with Gasteiger partial charge in [-0.05, 0) is 35.4 Å². The zero-order valence-electron chi connectivity index (χ0n) is 14.3. The van der Waals surface area contributed by atoms with E-state index in [2.05, 4.69) is 10.6 Å². The molecule has 6 nitrogen and oxygen atoms in total. The van der Waals surface area contributed by atoms with Crippen LogP contribution in [0.4, 0.5) is 0 Å². The number of halogens is 1. The van der Waals surface area contributed by atoms with Crippen LogP contribution < -0.4 is 16.4 Å². The second-order valence-electron chi connectivity index (χ2n) is 5.85. The number of carbonyl (C=O) groups is 3. The van der Waals surface area contributed by atoms with Crippen molar-refractivity contribution in [2.24, 2.45) is 5.73 Å². The maximum Gasteiger partial charge on any atom is 0.248 e. The molecule has 3 amide bonds. The van der Waals surface area contributed by atoms with Crippen LogP contribution >= 0.6 is 11.6 Å². The third-order valence-electron chi connectivity index (χ3n) is 3.74. The highest BCUT2D eigenvalue weighted by Crippen LogP contribution is 2.19. The van der Waals surface area contributed by atoms with E-state index in [1.54, 1.807) is 48.5 Å². The molecule has 1 atom stereocenters. The van der Waals surface area contributed by atoms with Crippen LogP contribution in [0, 0.1) is 0 Å². The van der Waals surface area contributed by atoms with Crippen LogP contribution in [0.15, 0.2) is 48.5 Å². The van der Waals surface area contributed by atoms with Gasteiger partial charge in [-0.15, -0.1) is 0 Å². The Morgan fingerprint density at radius 1 is 1.12 bits per heavy atom. The first-order valence-corrected chi connectivity index (χ1v) is 8.41. The van der Waals surface area contributed by atoms with Crippen molar-refractivity contribution in [1.82, 2.24) is 10.6 Å². The third-order valence-corrected chi connectivity index (χ3v) is 3.99. The van der Waals surface area contributed by atoms with Gasteiger partial charge in [-0.2, -0.15) is 0 Å². The van der Waals surface area contributed by atoms with Gasteiger partial charge >= 0.3 is 0 Å². The lowest BCUT2D eigenvalue weighted by atomic mass is 10.0. The Labute approximate surface area is 156 Å². The van der Waals surface area contributed by atoms with Crippen LogP contribution in [0.25, 0.3) is 0 Å². The molecule has 136 valence electrons. The van der Waals surface area contributed by atoms with E-state index in [0.717, 1.165) is 11.1 Å². The van der Waals surface area contributed by atoms with Gasteiger partial charge in [0.1, 0.15) is 0 Å². The first-order valence-electron chi connectivity index (χ1n) is 8.03. The van der Waals surface area contributed by atoms with Crippen LogP contribution in [0.2, 0.25) is 5.02 Å². The second-order valence-corrected chi connectivity index (χ2v) is 6.29. The lowest BCUT2D eigenvalue weighted by molar-refractivity contribution is -0.122. The van der Waals surface area contributed by atoms with E-state index < -0.39 is 11.9 Å². The summed E-state index contributed by atoms with van der Waals surface area (Å²) in [7, 11) is 0. The monoisotopic (exact) mass is 373 g/mol. The third kappa shape index (κ3) is 5.89. The molecule has 2 rings (SSSR count). The molecule has 0 aromatic heterocycles. The molecule has 0 radical (unpaired) electrons. The summed E-state index contributed by atoms with van der Waals surface area (Å²) in [6.45, 7) is 1.66. The lowest BCUT2D eigenvalue weighted by Gasteiger charge is -2.18. The molecular formula is C19H20ClN3O3. The Balaban J connectivity index is 2.00. The van der Waals surface area contributed by atoms with Crippen molar-refractivity contribution in [2.75, 3.05) is 0 Å². The summed E-state index contributed by atoms with van der Waals surface area (Å²) >= 11 is 5.88. The number of benzene rings is 2. The molecule has 1 unspecified atom stereocenters. The quantitative estimate of drug-likeness (QED) is 0.694. The summed E-state index contributed by atoms with van der Waals surface area (Å²) in [5.41, 5.74) is 7.18. The van der Waals surface area contributed by atoms with Gasteiger partial charge in [-0.25, -0.2) is 0 Å². The van der Waals surface area contributed by atoms with Gasteiger partial charge in [0.2, 0.25) is 17.7 Å². The van der Waals surface area contributed by atoms with Crippen LogP contribution in [0.5, 0.6) is 0 Å². The highest BCUT2D eigenvalue weighted by atomic mass is 35.5. The van der Waals surface area contributed by atoms with Crippen molar-refractivity contribution in [1.29, 1.82) is 0 Å². The number of amides is 3. The first-order chi connectivity index (χ1) is 12.3. The van der Waals surface area contributed by atoms with Gasteiger partial charge in [0.25, 0.3) is 0 Å². The Hall–Kier alpha value is -2.86. The largest absolute Gasteiger partial charge is 0.366 e. The molecule has 0 spiro atoms. The molecule has 0 bridgehead atoms. The minimum Gasteiger partial charge on any atom is -0.366 e. The van der Waals surface area contributed by atoms with Crippen molar-refractivity contribution in [3.63, 3.8) is 0 Å². The molecule has 26 heavy (non-hydrogen) atoms. The highest BCUT2D eigenvalue weighted by molar-refractivity contribution is 6.30. The summed E-state index contributed by atoms with van der Waals surface area (Å²) in [5, 5.41) is 6.12. The van der Waals surface area contributed by atoms with Gasteiger partial charge in [0.15, 0.2) is 0 Å². The lowest BCUT2D eigenvalue weighted by Crippen LogP contribution is -2.32. The predicted molar refractivity (Wildman–Crippen MR) is 99.4 cm³/mol. The average Bonchev–Trinajstić information content (AvgIpc) is 2.60. The van der Waals surface area contributed by atoms with E-state index in [1.807, 2.05) is 0 Å². The minimum absolute atomic E-state index is 0.0801. The van der Waals surface area contributed by atoms with Crippen molar-refractivity contribution >= 4 is 29.3 Å². The second kappa shape index (κ2) is 9.01. The van der Waals surface area contributed by atoms with Crippen LogP contribution in [-0.4, -0.2) is 17.7 Å². The number of hydrogen-bond donors (Lipinski definition) is 3. The molecule has 4 N–H and O–H groups in total. The molecule has 0 saturated carbocycles. The molecule has 0 saturated heterocycles. The molecule has 0 aliphatic carbocycles. The number of nitrogens with two attached hydrogens (primary N) is 1. The van der Waals surface area contributed by atoms with Gasteiger partial charge in [0.05, 0.1) is 12.5 Å². The van der Waals surface area contributed by atoms with Crippen LogP contribution in [0.1, 0.15) is 40.9 Å². The van der Waals surface area contributed by atoms with Crippen molar-refractivity contribution in [3.8, 4) is 0 Å². The number of nitrogens with one attached hydrogen (secondary N) is 2. The number of carbonyl (C=O) groups excluding carboxylic acids is 3. The number of rotatable bonds is 7. The Bertz CT molecular complexity index is 806. The summed E-state index contributed by atoms with van der Waals surface area (Å²) in [5.74, 6) is -0.985. The zero-order valence-corrected chi connectivity index (χ0v) is 15.0. The van der Waals surface area contributed by atoms with Crippen molar-refractivity contribution in [2.45, 2.75) is 25.9 Å². The molecule has 0 aliphatic rings. The SMILES string of the molecule is CC(=O)NC(CC(=O)NCc1cccc(C(N)=O)c1)c1ccc(Cl)cc1. The molecule has 7 heteroatoms. The fraction of sp³-hybridized carbons (Fsp3) is 0.211. The van der Waals surface area contributed by atoms with Crippen LogP contribution in [0.3, 0.4) is 0 Å².